The predicted octanol–water partition coefficient (Wildman–Crippen LogP) is 5.51. The Kier molecular flexibility index (Phi) is 8.83. The molecule has 1 aliphatic rings. The van der Waals surface area contributed by atoms with Crippen molar-refractivity contribution in [3.05, 3.63) is 28.8 Å². The van der Waals surface area contributed by atoms with Crippen molar-refractivity contribution in [3.8, 4) is 0 Å². The Balaban J connectivity index is 1.68. The first-order valence-electron chi connectivity index (χ1n) is 12.3. The van der Waals surface area contributed by atoms with Gasteiger partial charge in [0.15, 0.2) is 0 Å². The number of carbonyl (C=O) groups is 2. The summed E-state index contributed by atoms with van der Waals surface area (Å²) in [5.74, 6) is 0.681. The van der Waals surface area contributed by atoms with Crippen molar-refractivity contribution >= 4 is 33.2 Å². The van der Waals surface area contributed by atoms with Crippen molar-refractivity contribution in [3.63, 3.8) is 0 Å². The molecule has 176 valence electrons. The fourth-order valence-electron chi connectivity index (χ4n) is 4.54. The summed E-state index contributed by atoms with van der Waals surface area (Å²) in [5, 5.41) is 4.13. The monoisotopic (exact) mass is 457 g/mol. The molecule has 1 aromatic carbocycles. The number of nitrogens with two attached hydrogens (primary N) is 1. The SMILES string of the molecule is CCC(=O)C[C@H](CNC(=O)C1(N)CCCCCCC1)Cc1nc2ccc(C(C)C)cc2s1. The van der Waals surface area contributed by atoms with Crippen LogP contribution in [-0.4, -0.2) is 28.8 Å². The molecular formula is C26H39N3O2S. The van der Waals surface area contributed by atoms with Gasteiger partial charge >= 0.3 is 0 Å². The Hall–Kier alpha value is -1.79. The van der Waals surface area contributed by atoms with Crippen LogP contribution in [0.2, 0.25) is 0 Å². The molecule has 0 saturated heterocycles. The van der Waals surface area contributed by atoms with Gasteiger partial charge in [-0.1, -0.05) is 58.9 Å². The van der Waals surface area contributed by atoms with E-state index in [2.05, 4.69) is 37.4 Å². The summed E-state index contributed by atoms with van der Waals surface area (Å²) in [6, 6.07) is 6.46. The molecule has 0 radical (unpaired) electrons. The second-order valence-corrected chi connectivity index (χ2v) is 10.9. The zero-order valence-electron chi connectivity index (χ0n) is 19.9. The van der Waals surface area contributed by atoms with Crippen LogP contribution in [0.4, 0.5) is 0 Å². The van der Waals surface area contributed by atoms with E-state index in [9.17, 15) is 9.59 Å². The predicted molar refractivity (Wildman–Crippen MR) is 133 cm³/mol. The van der Waals surface area contributed by atoms with Crippen molar-refractivity contribution in [1.29, 1.82) is 0 Å². The third-order valence-corrected chi connectivity index (χ3v) is 7.79. The number of fused-ring (bicyclic) bond motifs is 1. The Morgan fingerprint density at radius 1 is 1.16 bits per heavy atom. The number of carbonyl (C=O) groups excluding carboxylic acids is 2. The van der Waals surface area contributed by atoms with E-state index in [-0.39, 0.29) is 17.6 Å². The highest BCUT2D eigenvalue weighted by atomic mass is 32.1. The summed E-state index contributed by atoms with van der Waals surface area (Å²) in [5.41, 5.74) is 8.08. The molecule has 6 heteroatoms. The first-order valence-corrected chi connectivity index (χ1v) is 13.1. The van der Waals surface area contributed by atoms with Crippen LogP contribution in [0, 0.1) is 5.92 Å². The number of rotatable bonds is 9. The summed E-state index contributed by atoms with van der Waals surface area (Å²) in [6.07, 6.45) is 8.70. The molecule has 1 saturated carbocycles. The molecule has 5 nitrogen and oxygen atoms in total. The van der Waals surface area contributed by atoms with Gasteiger partial charge < -0.3 is 11.1 Å². The maximum Gasteiger partial charge on any atom is 0.240 e. The first kappa shape index (κ1) is 24.8. The number of ketones is 1. The average Bonchev–Trinajstić information content (AvgIpc) is 3.15. The number of nitrogens with one attached hydrogen (secondary N) is 1. The minimum atomic E-state index is -0.775. The third kappa shape index (κ3) is 6.61. The lowest BCUT2D eigenvalue weighted by molar-refractivity contribution is -0.127. The standard InChI is InChI=1S/C26H39N3O2S/c1-4-21(30)14-19(17-28-25(31)26(27)12-8-6-5-7-9-13-26)15-24-29-22-11-10-20(18(2)3)16-23(22)32-24/h10-11,16,18-19H,4-9,12-15,17,27H2,1-3H3,(H,28,31)/t19-/m0/s1. The summed E-state index contributed by atoms with van der Waals surface area (Å²) in [6.45, 7) is 6.75. The van der Waals surface area contributed by atoms with Crippen LogP contribution >= 0.6 is 11.3 Å². The molecule has 3 rings (SSSR count). The Morgan fingerprint density at radius 2 is 1.84 bits per heavy atom. The Morgan fingerprint density at radius 3 is 2.50 bits per heavy atom. The van der Waals surface area contributed by atoms with E-state index >= 15 is 0 Å². The smallest absolute Gasteiger partial charge is 0.240 e. The highest BCUT2D eigenvalue weighted by Gasteiger charge is 2.34. The van der Waals surface area contributed by atoms with Crippen LogP contribution in [0.25, 0.3) is 10.2 Å². The van der Waals surface area contributed by atoms with Crippen molar-refractivity contribution in [2.45, 2.75) is 96.4 Å². The van der Waals surface area contributed by atoms with Gasteiger partial charge in [0.25, 0.3) is 0 Å². The van der Waals surface area contributed by atoms with E-state index in [4.69, 9.17) is 10.7 Å². The minimum absolute atomic E-state index is 0.0358. The highest BCUT2D eigenvalue weighted by Crippen LogP contribution is 2.29. The van der Waals surface area contributed by atoms with Gasteiger partial charge in [-0.15, -0.1) is 11.3 Å². The molecule has 1 aromatic heterocycles. The quantitative estimate of drug-likeness (QED) is 0.520. The van der Waals surface area contributed by atoms with Crippen LogP contribution in [0.1, 0.15) is 95.0 Å². The number of amides is 1. The van der Waals surface area contributed by atoms with Gasteiger partial charge in [-0.3, -0.25) is 9.59 Å². The molecule has 1 aliphatic carbocycles. The van der Waals surface area contributed by atoms with Crippen molar-refractivity contribution in [2.24, 2.45) is 11.7 Å². The molecule has 1 fully saturated rings. The molecule has 0 aliphatic heterocycles. The molecule has 1 atom stereocenters. The van der Waals surface area contributed by atoms with Crippen LogP contribution in [0.15, 0.2) is 18.2 Å². The fourth-order valence-corrected chi connectivity index (χ4v) is 5.67. The molecule has 1 heterocycles. The number of nitrogens with zero attached hydrogens (tertiary/aromatic N) is 1. The summed E-state index contributed by atoms with van der Waals surface area (Å²) < 4.78 is 1.19. The number of Topliss-reactive ketones (excluding diaryl/α,β-unsaturated/α-hetero) is 1. The lowest BCUT2D eigenvalue weighted by atomic mass is 9.84. The van der Waals surface area contributed by atoms with Gasteiger partial charge in [0.1, 0.15) is 5.78 Å². The summed E-state index contributed by atoms with van der Waals surface area (Å²) >= 11 is 1.70. The lowest BCUT2D eigenvalue weighted by Crippen LogP contribution is -2.55. The summed E-state index contributed by atoms with van der Waals surface area (Å²) in [7, 11) is 0. The van der Waals surface area contributed by atoms with E-state index < -0.39 is 5.54 Å². The molecule has 1 amide bonds. The summed E-state index contributed by atoms with van der Waals surface area (Å²) in [4.78, 5) is 30.1. The molecule has 0 unspecified atom stereocenters. The number of aromatic nitrogens is 1. The van der Waals surface area contributed by atoms with E-state index in [0.29, 0.717) is 31.7 Å². The minimum Gasteiger partial charge on any atom is -0.354 e. The van der Waals surface area contributed by atoms with Crippen molar-refractivity contribution in [2.75, 3.05) is 6.54 Å². The number of benzene rings is 1. The number of thiazole rings is 1. The van der Waals surface area contributed by atoms with Crippen LogP contribution in [0.5, 0.6) is 0 Å². The van der Waals surface area contributed by atoms with Gasteiger partial charge in [0.2, 0.25) is 5.91 Å². The van der Waals surface area contributed by atoms with Crippen molar-refractivity contribution in [1.82, 2.24) is 10.3 Å². The van der Waals surface area contributed by atoms with Crippen LogP contribution in [0.3, 0.4) is 0 Å². The lowest BCUT2D eigenvalue weighted by Gasteiger charge is -2.30. The molecule has 0 spiro atoms. The Labute approximate surface area is 196 Å². The van der Waals surface area contributed by atoms with E-state index in [0.717, 1.165) is 49.0 Å². The molecule has 32 heavy (non-hydrogen) atoms. The van der Waals surface area contributed by atoms with Gasteiger partial charge in [-0.05, 0) is 42.4 Å². The molecule has 2 aromatic rings. The van der Waals surface area contributed by atoms with Gasteiger partial charge in [-0.2, -0.15) is 0 Å². The molecular weight excluding hydrogens is 418 g/mol. The third-order valence-electron chi connectivity index (χ3n) is 6.75. The van der Waals surface area contributed by atoms with Crippen LogP contribution < -0.4 is 11.1 Å². The molecule has 0 bridgehead atoms. The highest BCUT2D eigenvalue weighted by molar-refractivity contribution is 7.18. The normalized spacial score (nSPS) is 17.7. The number of hydrogen-bond donors (Lipinski definition) is 2. The zero-order chi connectivity index (χ0) is 23.1. The van der Waals surface area contributed by atoms with Crippen LogP contribution in [-0.2, 0) is 16.0 Å². The maximum absolute atomic E-state index is 13.0. The largest absolute Gasteiger partial charge is 0.354 e. The average molecular weight is 458 g/mol. The zero-order valence-corrected chi connectivity index (χ0v) is 20.7. The maximum atomic E-state index is 13.0. The first-order chi connectivity index (χ1) is 15.3. The van der Waals surface area contributed by atoms with E-state index in [1.54, 1.807) is 11.3 Å². The Bertz CT molecular complexity index is 913. The topological polar surface area (TPSA) is 85.1 Å². The van der Waals surface area contributed by atoms with Gasteiger partial charge in [0, 0.05) is 25.8 Å². The van der Waals surface area contributed by atoms with Crippen molar-refractivity contribution < 1.29 is 9.59 Å². The van der Waals surface area contributed by atoms with Gasteiger partial charge in [0.05, 0.1) is 20.8 Å². The molecule has 3 N–H and O–H groups in total. The number of hydrogen-bond acceptors (Lipinski definition) is 5. The van der Waals surface area contributed by atoms with Gasteiger partial charge in [-0.25, -0.2) is 4.98 Å². The fraction of sp³-hybridized carbons (Fsp3) is 0.654. The second-order valence-electron chi connectivity index (χ2n) is 9.79. The van der Waals surface area contributed by atoms with E-state index in [1.165, 1.54) is 16.7 Å². The van der Waals surface area contributed by atoms with E-state index in [1.807, 2.05) is 6.92 Å². The second kappa shape index (κ2) is 11.4.